The van der Waals surface area contributed by atoms with E-state index in [1.807, 2.05) is 12.1 Å². The second kappa shape index (κ2) is 6.73. The van der Waals surface area contributed by atoms with Gasteiger partial charge in [-0.15, -0.1) is 0 Å². The first kappa shape index (κ1) is 14.8. The first-order valence-corrected chi connectivity index (χ1v) is 7.68. The lowest BCUT2D eigenvalue weighted by Crippen LogP contribution is -2.30. The van der Waals surface area contributed by atoms with Crippen molar-refractivity contribution in [3.63, 3.8) is 0 Å². The van der Waals surface area contributed by atoms with E-state index in [4.69, 9.17) is 0 Å². The Morgan fingerprint density at radius 2 is 2.10 bits per heavy atom. The van der Waals surface area contributed by atoms with Crippen molar-refractivity contribution in [2.24, 2.45) is 5.41 Å². The molecule has 0 spiro atoms. The molecule has 0 aromatic carbocycles. The van der Waals surface area contributed by atoms with E-state index < -0.39 is 0 Å². The summed E-state index contributed by atoms with van der Waals surface area (Å²) < 4.78 is 0. The lowest BCUT2D eigenvalue weighted by Gasteiger charge is -2.14. The average molecular weight is 275 g/mol. The molecule has 1 saturated carbocycles. The first-order chi connectivity index (χ1) is 9.69. The molecule has 0 aliphatic heterocycles. The maximum Gasteiger partial charge on any atom is 0.269 e. The number of anilines is 1. The van der Waals surface area contributed by atoms with Crippen molar-refractivity contribution >= 4 is 11.7 Å². The minimum Gasteiger partial charge on any atom is -0.370 e. The molecule has 0 atom stereocenters. The normalized spacial score (nSPS) is 15.7. The fraction of sp³-hybridized carbons (Fsp3) is 0.625. The van der Waals surface area contributed by atoms with Gasteiger partial charge in [-0.2, -0.15) is 0 Å². The Bertz CT molecular complexity index is 455. The van der Waals surface area contributed by atoms with Gasteiger partial charge in [-0.05, 0) is 43.2 Å². The third-order valence-corrected chi connectivity index (χ3v) is 3.90. The van der Waals surface area contributed by atoms with E-state index in [0.29, 0.717) is 11.1 Å². The van der Waals surface area contributed by atoms with E-state index >= 15 is 0 Å². The molecule has 1 heterocycles. The number of nitrogens with zero attached hydrogens (tertiary/aromatic N) is 1. The topological polar surface area (TPSA) is 54.0 Å². The number of hydrogen-bond donors (Lipinski definition) is 2. The van der Waals surface area contributed by atoms with E-state index in [0.717, 1.165) is 25.3 Å². The van der Waals surface area contributed by atoms with Crippen molar-refractivity contribution in [2.75, 3.05) is 18.4 Å². The van der Waals surface area contributed by atoms with Crippen LogP contribution in [0.3, 0.4) is 0 Å². The standard InChI is InChI=1S/C16H25N3O/c1-3-8-16(9-10-16)12-18-15(20)13-6-5-7-14(19-13)17-11-4-2/h5-7H,3-4,8-12H2,1-2H3,(H,17,19)(H,18,20). The third-order valence-electron chi connectivity index (χ3n) is 3.90. The largest absolute Gasteiger partial charge is 0.370 e. The van der Waals surface area contributed by atoms with Crippen LogP contribution in [0.2, 0.25) is 0 Å². The summed E-state index contributed by atoms with van der Waals surface area (Å²) in [6.45, 7) is 5.96. The molecule has 4 nitrogen and oxygen atoms in total. The molecule has 1 fully saturated rings. The number of carbonyl (C=O) groups excluding carboxylic acids is 1. The van der Waals surface area contributed by atoms with Gasteiger partial charge in [-0.25, -0.2) is 4.98 Å². The molecule has 1 aromatic rings. The van der Waals surface area contributed by atoms with E-state index in [1.54, 1.807) is 6.07 Å². The van der Waals surface area contributed by atoms with Crippen molar-refractivity contribution < 1.29 is 4.79 Å². The third kappa shape index (κ3) is 3.95. The SMILES string of the molecule is CCCNc1cccc(C(=O)NCC2(CCC)CC2)n1. The Morgan fingerprint density at radius 3 is 2.75 bits per heavy atom. The molecular weight excluding hydrogens is 250 g/mol. The molecule has 0 unspecified atom stereocenters. The Hall–Kier alpha value is -1.58. The van der Waals surface area contributed by atoms with Crippen molar-refractivity contribution in [1.82, 2.24) is 10.3 Å². The van der Waals surface area contributed by atoms with Crippen LogP contribution < -0.4 is 10.6 Å². The van der Waals surface area contributed by atoms with Crippen LogP contribution in [-0.4, -0.2) is 24.0 Å². The minimum atomic E-state index is -0.0625. The molecule has 4 heteroatoms. The highest BCUT2D eigenvalue weighted by Gasteiger charge is 2.41. The number of nitrogens with one attached hydrogen (secondary N) is 2. The molecule has 2 N–H and O–H groups in total. The van der Waals surface area contributed by atoms with Crippen molar-refractivity contribution in [1.29, 1.82) is 0 Å². The summed E-state index contributed by atoms with van der Waals surface area (Å²) in [7, 11) is 0. The van der Waals surface area contributed by atoms with Crippen molar-refractivity contribution in [3.05, 3.63) is 23.9 Å². The highest BCUT2D eigenvalue weighted by atomic mass is 16.1. The predicted octanol–water partition coefficient (Wildman–Crippen LogP) is 3.21. The zero-order valence-electron chi connectivity index (χ0n) is 12.5. The van der Waals surface area contributed by atoms with Crippen LogP contribution in [0.15, 0.2) is 18.2 Å². The smallest absolute Gasteiger partial charge is 0.269 e. The maximum absolute atomic E-state index is 12.1. The van der Waals surface area contributed by atoms with Crippen LogP contribution >= 0.6 is 0 Å². The van der Waals surface area contributed by atoms with Gasteiger partial charge in [-0.1, -0.05) is 26.3 Å². The highest BCUT2D eigenvalue weighted by molar-refractivity contribution is 5.92. The molecule has 1 aliphatic rings. The van der Waals surface area contributed by atoms with Gasteiger partial charge in [-0.3, -0.25) is 4.79 Å². The molecular formula is C16H25N3O. The van der Waals surface area contributed by atoms with Crippen molar-refractivity contribution in [2.45, 2.75) is 46.0 Å². The fourth-order valence-electron chi connectivity index (χ4n) is 2.49. The molecule has 2 rings (SSSR count). The first-order valence-electron chi connectivity index (χ1n) is 7.68. The monoisotopic (exact) mass is 275 g/mol. The van der Waals surface area contributed by atoms with E-state index in [-0.39, 0.29) is 5.91 Å². The van der Waals surface area contributed by atoms with Crippen LogP contribution in [-0.2, 0) is 0 Å². The number of hydrogen-bond acceptors (Lipinski definition) is 3. The van der Waals surface area contributed by atoms with Crippen LogP contribution in [0.25, 0.3) is 0 Å². The summed E-state index contributed by atoms with van der Waals surface area (Å²) in [5.41, 5.74) is 0.876. The Morgan fingerprint density at radius 1 is 1.30 bits per heavy atom. The van der Waals surface area contributed by atoms with E-state index in [9.17, 15) is 4.79 Å². The molecule has 0 bridgehead atoms. The van der Waals surface area contributed by atoms with Gasteiger partial charge in [0.2, 0.25) is 0 Å². The highest BCUT2D eigenvalue weighted by Crippen LogP contribution is 2.48. The van der Waals surface area contributed by atoms with Gasteiger partial charge in [0.1, 0.15) is 11.5 Å². The number of rotatable bonds is 8. The number of amides is 1. The summed E-state index contributed by atoms with van der Waals surface area (Å²) in [6.07, 6.45) is 5.92. The maximum atomic E-state index is 12.1. The Kier molecular flexibility index (Phi) is 4.99. The second-order valence-electron chi connectivity index (χ2n) is 5.77. The van der Waals surface area contributed by atoms with Crippen LogP contribution in [0.5, 0.6) is 0 Å². The molecule has 0 radical (unpaired) electrons. The quantitative estimate of drug-likeness (QED) is 0.766. The zero-order valence-corrected chi connectivity index (χ0v) is 12.5. The molecule has 1 aromatic heterocycles. The van der Waals surface area contributed by atoms with Gasteiger partial charge >= 0.3 is 0 Å². The van der Waals surface area contributed by atoms with Gasteiger partial charge in [0.15, 0.2) is 0 Å². The minimum absolute atomic E-state index is 0.0625. The summed E-state index contributed by atoms with van der Waals surface area (Å²) in [5, 5.41) is 6.24. The van der Waals surface area contributed by atoms with Crippen molar-refractivity contribution in [3.8, 4) is 0 Å². The number of pyridine rings is 1. The molecule has 20 heavy (non-hydrogen) atoms. The fourth-order valence-corrected chi connectivity index (χ4v) is 2.49. The van der Waals surface area contributed by atoms with Crippen LogP contribution in [0, 0.1) is 5.41 Å². The lowest BCUT2D eigenvalue weighted by molar-refractivity contribution is 0.0939. The van der Waals surface area contributed by atoms with Gasteiger partial charge in [0.25, 0.3) is 5.91 Å². The molecule has 1 aliphatic carbocycles. The summed E-state index contributed by atoms with van der Waals surface area (Å²) in [6, 6.07) is 5.54. The average Bonchev–Trinajstić information content (AvgIpc) is 3.23. The van der Waals surface area contributed by atoms with Gasteiger partial charge < -0.3 is 10.6 Å². The predicted molar refractivity (Wildman–Crippen MR) is 81.9 cm³/mol. The van der Waals surface area contributed by atoms with Gasteiger partial charge in [0.05, 0.1) is 0 Å². The lowest BCUT2D eigenvalue weighted by atomic mass is 10.0. The van der Waals surface area contributed by atoms with E-state index in [2.05, 4.69) is 29.5 Å². The summed E-state index contributed by atoms with van der Waals surface area (Å²) >= 11 is 0. The summed E-state index contributed by atoms with van der Waals surface area (Å²) in [5.74, 6) is 0.710. The molecule has 1 amide bonds. The number of aromatic nitrogens is 1. The molecule has 110 valence electrons. The Balaban J connectivity index is 1.88. The van der Waals surface area contributed by atoms with E-state index in [1.165, 1.54) is 25.7 Å². The summed E-state index contributed by atoms with van der Waals surface area (Å²) in [4.78, 5) is 16.5. The second-order valence-corrected chi connectivity index (χ2v) is 5.77. The molecule has 0 saturated heterocycles. The van der Waals surface area contributed by atoms with Crippen LogP contribution in [0.4, 0.5) is 5.82 Å². The zero-order chi connectivity index (χ0) is 14.4. The van der Waals surface area contributed by atoms with Gasteiger partial charge in [0, 0.05) is 13.1 Å². The number of carbonyl (C=O) groups is 1. The Labute approximate surface area is 121 Å². The van der Waals surface area contributed by atoms with Crippen LogP contribution in [0.1, 0.15) is 56.4 Å².